The number of carbonyl (C=O) groups is 4. The summed E-state index contributed by atoms with van der Waals surface area (Å²) in [7, 11) is 0. The number of nitrogens with zero attached hydrogens (tertiary/aromatic N) is 1. The van der Waals surface area contributed by atoms with Crippen LogP contribution in [0.3, 0.4) is 0 Å². The van der Waals surface area contributed by atoms with Gasteiger partial charge in [-0.1, -0.05) is 17.7 Å². The zero-order valence-electron chi connectivity index (χ0n) is 16.1. The first-order valence-electron chi connectivity index (χ1n) is 9.39. The van der Waals surface area contributed by atoms with Crippen LogP contribution in [0, 0.1) is 6.92 Å². The summed E-state index contributed by atoms with van der Waals surface area (Å²) in [6, 6.07) is 6.20. The summed E-state index contributed by atoms with van der Waals surface area (Å²) in [4.78, 5) is 51.2. The minimum absolute atomic E-state index is 0.216. The molecule has 0 saturated carbocycles. The van der Waals surface area contributed by atoms with Crippen LogP contribution in [0.15, 0.2) is 24.3 Å². The smallest absolute Gasteiger partial charge is 0.319 e. The molecule has 0 radical (unpaired) electrons. The normalized spacial score (nSPS) is 18.3. The Morgan fingerprint density at radius 2 is 2.10 bits per heavy atom. The lowest BCUT2D eigenvalue weighted by atomic mass is 10.0. The summed E-state index contributed by atoms with van der Waals surface area (Å²) in [6.45, 7) is 2.50. The van der Waals surface area contributed by atoms with Gasteiger partial charge in [0.2, 0.25) is 11.8 Å². The number of rotatable bonds is 4. The number of carbonyl (C=O) groups excluding carboxylic acids is 4. The van der Waals surface area contributed by atoms with Crippen LogP contribution >= 0.6 is 22.9 Å². The molecule has 1 aromatic heterocycles. The number of anilines is 1. The minimum atomic E-state index is -0.624. The molecular weight excluding hydrogens is 428 g/mol. The van der Waals surface area contributed by atoms with E-state index in [4.69, 9.17) is 11.6 Å². The molecule has 5 amide bonds. The van der Waals surface area contributed by atoms with Crippen molar-refractivity contribution >= 4 is 52.4 Å². The highest BCUT2D eigenvalue weighted by Crippen LogP contribution is 2.33. The van der Waals surface area contributed by atoms with Crippen molar-refractivity contribution < 1.29 is 19.2 Å². The number of benzene rings is 1. The molecule has 0 spiro atoms. The van der Waals surface area contributed by atoms with Crippen LogP contribution in [0.4, 0.5) is 10.5 Å². The third-order valence-electron chi connectivity index (χ3n) is 5.04. The predicted molar refractivity (Wildman–Crippen MR) is 112 cm³/mol. The first kappa shape index (κ1) is 20.4. The van der Waals surface area contributed by atoms with Crippen molar-refractivity contribution in [2.24, 2.45) is 0 Å². The Labute approximate surface area is 181 Å². The van der Waals surface area contributed by atoms with Crippen LogP contribution in [-0.4, -0.2) is 34.7 Å². The summed E-state index contributed by atoms with van der Waals surface area (Å²) in [5.74, 6) is -0.953. The highest BCUT2D eigenvalue weighted by Gasteiger charge is 2.40. The largest absolute Gasteiger partial charge is 0.333 e. The van der Waals surface area contributed by atoms with Gasteiger partial charge in [0.15, 0.2) is 0 Å². The molecule has 3 heterocycles. The number of halogens is 1. The number of thiophene rings is 1. The first-order chi connectivity index (χ1) is 14.3. The van der Waals surface area contributed by atoms with Crippen LogP contribution < -0.4 is 16.0 Å². The Kier molecular flexibility index (Phi) is 5.48. The maximum Gasteiger partial charge on any atom is 0.319 e. The topological polar surface area (TPSA) is 108 Å². The van der Waals surface area contributed by atoms with Gasteiger partial charge in [0.25, 0.3) is 5.91 Å². The minimum Gasteiger partial charge on any atom is -0.333 e. The van der Waals surface area contributed by atoms with E-state index in [0.29, 0.717) is 28.6 Å². The molecule has 0 unspecified atom stereocenters. The number of aryl methyl sites for hydroxylation is 1. The number of imide groups is 1. The van der Waals surface area contributed by atoms with Crippen molar-refractivity contribution in [3.8, 4) is 0 Å². The molecule has 1 aromatic carbocycles. The molecule has 0 bridgehead atoms. The number of piperidine rings is 1. The lowest BCUT2D eigenvalue weighted by molar-refractivity contribution is -0.136. The Hall–Kier alpha value is -2.91. The van der Waals surface area contributed by atoms with Crippen LogP contribution in [-0.2, 0) is 22.7 Å². The maximum absolute atomic E-state index is 12.7. The molecule has 8 nitrogen and oxygen atoms in total. The molecule has 2 aliphatic rings. The molecule has 1 fully saturated rings. The maximum atomic E-state index is 12.7. The number of hydrogen-bond acceptors (Lipinski definition) is 5. The predicted octanol–water partition coefficient (Wildman–Crippen LogP) is 2.79. The number of nitrogens with one attached hydrogen (secondary N) is 3. The second-order valence-corrected chi connectivity index (χ2v) is 8.80. The lowest BCUT2D eigenvalue weighted by Gasteiger charge is -2.29. The van der Waals surface area contributed by atoms with E-state index in [9.17, 15) is 19.2 Å². The van der Waals surface area contributed by atoms with Gasteiger partial charge in [-0.05, 0) is 42.7 Å². The van der Waals surface area contributed by atoms with Gasteiger partial charge in [0, 0.05) is 17.8 Å². The molecule has 1 atom stereocenters. The second-order valence-electron chi connectivity index (χ2n) is 7.26. The van der Waals surface area contributed by atoms with E-state index in [2.05, 4.69) is 16.0 Å². The number of hydrogen-bond donors (Lipinski definition) is 3. The van der Waals surface area contributed by atoms with Gasteiger partial charge < -0.3 is 15.5 Å². The van der Waals surface area contributed by atoms with Gasteiger partial charge in [0.05, 0.1) is 22.1 Å². The quantitative estimate of drug-likeness (QED) is 0.627. The Bertz CT molecular complexity index is 1070. The SMILES string of the molecule is Cc1ccc(NC(=O)NCc2cc3c(s2)C(=O)N([C@@H]2CCC(=O)NC2=O)C3)c(Cl)c1. The Morgan fingerprint density at radius 1 is 1.30 bits per heavy atom. The van der Waals surface area contributed by atoms with E-state index in [-0.39, 0.29) is 24.8 Å². The molecule has 4 rings (SSSR count). The van der Waals surface area contributed by atoms with Crippen molar-refractivity contribution in [1.29, 1.82) is 0 Å². The molecule has 1 saturated heterocycles. The number of amides is 5. The Balaban J connectivity index is 1.35. The highest BCUT2D eigenvalue weighted by atomic mass is 35.5. The van der Waals surface area contributed by atoms with Crippen molar-refractivity contribution in [2.75, 3.05) is 5.32 Å². The molecule has 2 aromatic rings. The fourth-order valence-electron chi connectivity index (χ4n) is 3.54. The van der Waals surface area contributed by atoms with E-state index in [1.807, 2.05) is 19.1 Å². The van der Waals surface area contributed by atoms with E-state index in [1.54, 1.807) is 12.1 Å². The van der Waals surface area contributed by atoms with E-state index in [0.717, 1.165) is 16.0 Å². The fraction of sp³-hybridized carbons (Fsp3) is 0.300. The molecule has 0 aliphatic carbocycles. The standard InChI is InChI=1S/C20H19ClN4O4S/c1-10-2-3-14(13(21)6-10)23-20(29)22-8-12-7-11-9-25(19(28)17(11)30-12)15-4-5-16(26)24-18(15)27/h2-3,6-7,15H,4-5,8-9H2,1H3,(H2,22,23,29)(H,24,26,27)/t15-/m1/s1. The average Bonchev–Trinajstić information content (AvgIpc) is 3.22. The molecule has 30 heavy (non-hydrogen) atoms. The summed E-state index contributed by atoms with van der Waals surface area (Å²) < 4.78 is 0. The Morgan fingerprint density at radius 3 is 2.80 bits per heavy atom. The van der Waals surface area contributed by atoms with Crippen LogP contribution in [0.1, 0.15) is 38.5 Å². The monoisotopic (exact) mass is 446 g/mol. The molecule has 156 valence electrons. The van der Waals surface area contributed by atoms with Crippen LogP contribution in [0.2, 0.25) is 5.02 Å². The van der Waals surface area contributed by atoms with E-state index >= 15 is 0 Å². The number of fused-ring (bicyclic) bond motifs is 1. The van der Waals surface area contributed by atoms with Crippen LogP contribution in [0.25, 0.3) is 0 Å². The summed E-state index contributed by atoms with van der Waals surface area (Å²) in [5, 5.41) is 8.20. The van der Waals surface area contributed by atoms with Gasteiger partial charge in [-0.15, -0.1) is 11.3 Å². The lowest BCUT2D eigenvalue weighted by Crippen LogP contribution is -2.52. The highest BCUT2D eigenvalue weighted by molar-refractivity contribution is 7.14. The average molecular weight is 447 g/mol. The van der Waals surface area contributed by atoms with Crippen LogP contribution in [0.5, 0.6) is 0 Å². The zero-order chi connectivity index (χ0) is 21.4. The van der Waals surface area contributed by atoms with Crippen molar-refractivity contribution in [2.45, 2.75) is 38.9 Å². The third-order valence-corrected chi connectivity index (χ3v) is 6.52. The van der Waals surface area contributed by atoms with Gasteiger partial charge in [-0.25, -0.2) is 4.79 Å². The van der Waals surface area contributed by atoms with Crippen molar-refractivity contribution in [3.05, 3.63) is 50.2 Å². The molecule has 3 N–H and O–H groups in total. The van der Waals surface area contributed by atoms with Gasteiger partial charge in [-0.2, -0.15) is 0 Å². The third kappa shape index (κ3) is 4.03. The van der Waals surface area contributed by atoms with E-state index < -0.39 is 18.0 Å². The van der Waals surface area contributed by atoms with Crippen molar-refractivity contribution in [3.63, 3.8) is 0 Å². The first-order valence-corrected chi connectivity index (χ1v) is 10.6. The molecule has 10 heteroatoms. The number of urea groups is 1. The molecular formula is C20H19ClN4O4S. The van der Waals surface area contributed by atoms with Gasteiger partial charge in [0.1, 0.15) is 6.04 Å². The second kappa shape index (κ2) is 8.08. The van der Waals surface area contributed by atoms with Crippen molar-refractivity contribution in [1.82, 2.24) is 15.5 Å². The summed E-state index contributed by atoms with van der Waals surface area (Å²) >= 11 is 7.42. The fourth-order valence-corrected chi connectivity index (χ4v) is 4.89. The van der Waals surface area contributed by atoms with Gasteiger partial charge in [-0.3, -0.25) is 19.7 Å². The summed E-state index contributed by atoms with van der Waals surface area (Å²) in [6.07, 6.45) is 0.560. The van der Waals surface area contributed by atoms with E-state index in [1.165, 1.54) is 16.2 Å². The zero-order valence-corrected chi connectivity index (χ0v) is 17.7. The summed E-state index contributed by atoms with van der Waals surface area (Å²) in [5.41, 5.74) is 2.34. The van der Waals surface area contributed by atoms with Gasteiger partial charge >= 0.3 is 6.03 Å². The molecule has 2 aliphatic heterocycles.